The Morgan fingerprint density at radius 3 is 2.59 bits per heavy atom. The van der Waals surface area contributed by atoms with Crippen LogP contribution < -0.4 is 11.1 Å². The van der Waals surface area contributed by atoms with Gasteiger partial charge in [-0.15, -0.1) is 0 Å². The van der Waals surface area contributed by atoms with Crippen LogP contribution in [0.2, 0.25) is 0 Å². The quantitative estimate of drug-likeness (QED) is 0.138. The summed E-state index contributed by atoms with van der Waals surface area (Å²) in [5.74, 6) is -2.53. The molecule has 0 aromatic rings. The van der Waals surface area contributed by atoms with Gasteiger partial charge < -0.3 is 35.8 Å². The molecular weight excluding hydrogens is 300 g/mol. The molecule has 0 bridgehead atoms. The van der Waals surface area contributed by atoms with Crippen molar-refractivity contribution in [1.29, 1.82) is 0 Å². The maximum absolute atomic E-state index is 11.4. The minimum atomic E-state index is -2.03. The monoisotopic (exact) mass is 324 g/mol. The molecule has 6 N–H and O–H groups in total. The summed E-state index contributed by atoms with van der Waals surface area (Å²) < 4.78 is 10.8. The first-order valence-electron chi connectivity index (χ1n) is 6.98. The van der Waals surface area contributed by atoms with E-state index in [2.05, 4.69) is 5.32 Å². The Labute approximate surface area is 128 Å². The molecule has 0 saturated carbocycles. The zero-order valence-electron chi connectivity index (χ0n) is 12.6. The second-order valence-electron chi connectivity index (χ2n) is 4.73. The Kier molecular flexibility index (Phi) is 7.59. The van der Waals surface area contributed by atoms with E-state index in [1.165, 1.54) is 6.92 Å². The number of nitrogens with two attached hydrogens (primary N) is 1. The molecule has 10 heteroatoms. The number of carbonyl (C=O) groups excluding carboxylic acids is 1. The number of ether oxygens (including phenoxy) is 2. The molecule has 0 aromatic carbocycles. The summed E-state index contributed by atoms with van der Waals surface area (Å²) in [5.41, 5.74) is 5.29. The highest BCUT2D eigenvalue weighted by atomic mass is 17.3. The summed E-state index contributed by atoms with van der Waals surface area (Å²) in [4.78, 5) is 21.3. The van der Waals surface area contributed by atoms with Crippen LogP contribution in [0.5, 0.6) is 0 Å². The van der Waals surface area contributed by atoms with Crippen LogP contribution in [-0.4, -0.2) is 77.9 Å². The van der Waals surface area contributed by atoms with Crippen LogP contribution in [0.25, 0.3) is 0 Å². The molecule has 0 radical (unpaired) electrons. The topological polar surface area (TPSA) is 153 Å². The standard InChI is InChI=1S/C12H24N2O8/c1-3-19-12(22-20-5-4-13)11(14-7(2)16)10(18)9(17)8(6-15)21-12/h8-11,15,17-18H,3-6,13H2,1-2H3,(H,14,16)/t8-,9-,10+,11-,12-/m1/s1. The van der Waals surface area contributed by atoms with Gasteiger partial charge in [0.15, 0.2) is 0 Å². The van der Waals surface area contributed by atoms with Gasteiger partial charge in [0.25, 0.3) is 0 Å². The number of aliphatic hydroxyl groups is 3. The molecule has 1 heterocycles. The van der Waals surface area contributed by atoms with Crippen LogP contribution >= 0.6 is 0 Å². The van der Waals surface area contributed by atoms with E-state index < -0.39 is 42.8 Å². The Hall–Kier alpha value is -0.850. The van der Waals surface area contributed by atoms with E-state index in [9.17, 15) is 20.1 Å². The number of carbonyl (C=O) groups is 1. The smallest absolute Gasteiger partial charge is 0.336 e. The van der Waals surface area contributed by atoms with Crippen molar-refractivity contribution in [3.63, 3.8) is 0 Å². The van der Waals surface area contributed by atoms with Gasteiger partial charge in [0.1, 0.15) is 24.4 Å². The van der Waals surface area contributed by atoms with Crippen molar-refractivity contribution in [2.75, 3.05) is 26.4 Å². The first-order valence-corrected chi connectivity index (χ1v) is 6.98. The average Bonchev–Trinajstić information content (AvgIpc) is 2.47. The first kappa shape index (κ1) is 19.2. The van der Waals surface area contributed by atoms with E-state index in [0.29, 0.717) is 0 Å². The third-order valence-electron chi connectivity index (χ3n) is 3.03. The minimum absolute atomic E-state index is 0.00736. The molecule has 1 saturated heterocycles. The van der Waals surface area contributed by atoms with E-state index in [1.807, 2.05) is 0 Å². The molecule has 1 fully saturated rings. The molecule has 5 atom stereocenters. The normalized spacial score (nSPS) is 35.4. The summed E-state index contributed by atoms with van der Waals surface area (Å²) in [6.45, 7) is 2.50. The van der Waals surface area contributed by atoms with Gasteiger partial charge >= 0.3 is 5.97 Å². The van der Waals surface area contributed by atoms with Crippen molar-refractivity contribution in [3.05, 3.63) is 0 Å². The van der Waals surface area contributed by atoms with Gasteiger partial charge in [-0.2, -0.15) is 4.89 Å². The zero-order valence-corrected chi connectivity index (χ0v) is 12.6. The van der Waals surface area contributed by atoms with Gasteiger partial charge in [0, 0.05) is 20.1 Å². The van der Waals surface area contributed by atoms with E-state index in [0.717, 1.165) is 0 Å². The molecule has 0 spiro atoms. The molecule has 0 aliphatic carbocycles. The van der Waals surface area contributed by atoms with Crippen LogP contribution in [0.4, 0.5) is 0 Å². The Morgan fingerprint density at radius 1 is 1.41 bits per heavy atom. The molecular formula is C12H24N2O8. The maximum atomic E-state index is 11.4. The lowest BCUT2D eigenvalue weighted by molar-refractivity contribution is -0.536. The van der Waals surface area contributed by atoms with Gasteiger partial charge in [-0.05, 0) is 6.92 Å². The highest BCUT2D eigenvalue weighted by Crippen LogP contribution is 2.32. The molecule has 1 aliphatic rings. The summed E-state index contributed by atoms with van der Waals surface area (Å²) in [6, 6.07) is -1.28. The minimum Gasteiger partial charge on any atom is -0.394 e. The summed E-state index contributed by atoms with van der Waals surface area (Å²) in [5, 5.41) is 31.8. The summed E-state index contributed by atoms with van der Waals surface area (Å²) >= 11 is 0. The molecule has 10 nitrogen and oxygen atoms in total. The van der Waals surface area contributed by atoms with Gasteiger partial charge in [0.2, 0.25) is 5.91 Å². The van der Waals surface area contributed by atoms with Gasteiger partial charge in [-0.3, -0.25) is 4.79 Å². The Morgan fingerprint density at radius 2 is 2.09 bits per heavy atom. The number of aliphatic hydroxyl groups excluding tert-OH is 3. The van der Waals surface area contributed by atoms with Crippen molar-refractivity contribution in [3.8, 4) is 0 Å². The van der Waals surface area contributed by atoms with Crippen LogP contribution in [0.15, 0.2) is 0 Å². The average molecular weight is 324 g/mol. The Balaban J connectivity index is 3.07. The second kappa shape index (κ2) is 8.70. The van der Waals surface area contributed by atoms with Crippen LogP contribution in [0, 0.1) is 0 Å². The zero-order chi connectivity index (χ0) is 16.8. The fourth-order valence-electron chi connectivity index (χ4n) is 2.11. The van der Waals surface area contributed by atoms with Crippen LogP contribution in [-0.2, 0) is 24.0 Å². The number of nitrogens with one attached hydrogen (secondary N) is 1. The van der Waals surface area contributed by atoms with Crippen molar-refractivity contribution in [2.24, 2.45) is 5.73 Å². The lowest BCUT2D eigenvalue weighted by Gasteiger charge is -2.47. The van der Waals surface area contributed by atoms with E-state index in [1.54, 1.807) is 6.92 Å². The number of amides is 1. The lowest BCUT2D eigenvalue weighted by Crippen LogP contribution is -2.71. The van der Waals surface area contributed by atoms with Crippen molar-refractivity contribution in [1.82, 2.24) is 5.32 Å². The maximum Gasteiger partial charge on any atom is 0.336 e. The molecule has 130 valence electrons. The summed E-state index contributed by atoms with van der Waals surface area (Å²) in [6.07, 6.45) is -4.15. The third kappa shape index (κ3) is 4.33. The van der Waals surface area contributed by atoms with Crippen molar-refractivity contribution >= 4 is 5.91 Å². The van der Waals surface area contributed by atoms with Crippen molar-refractivity contribution in [2.45, 2.75) is 44.2 Å². The van der Waals surface area contributed by atoms with Gasteiger partial charge in [-0.1, -0.05) is 0 Å². The van der Waals surface area contributed by atoms with E-state index in [4.69, 9.17) is 25.0 Å². The fourth-order valence-corrected chi connectivity index (χ4v) is 2.11. The van der Waals surface area contributed by atoms with Gasteiger partial charge in [-0.25, -0.2) is 4.89 Å². The largest absolute Gasteiger partial charge is 0.394 e. The lowest BCUT2D eigenvalue weighted by atomic mass is 9.95. The number of hydrogen-bond acceptors (Lipinski definition) is 9. The van der Waals surface area contributed by atoms with Crippen LogP contribution in [0.1, 0.15) is 13.8 Å². The van der Waals surface area contributed by atoms with E-state index in [-0.39, 0.29) is 19.8 Å². The molecule has 1 rings (SSSR count). The first-order chi connectivity index (χ1) is 10.4. The molecule has 0 aromatic heterocycles. The van der Waals surface area contributed by atoms with Crippen molar-refractivity contribution < 1.29 is 39.4 Å². The molecule has 0 unspecified atom stereocenters. The number of rotatable bonds is 8. The highest BCUT2D eigenvalue weighted by molar-refractivity contribution is 5.73. The molecule has 1 aliphatic heterocycles. The number of hydrogen-bond donors (Lipinski definition) is 5. The Bertz CT molecular complexity index is 358. The highest BCUT2D eigenvalue weighted by Gasteiger charge is 2.58. The summed E-state index contributed by atoms with van der Waals surface area (Å²) in [7, 11) is 0. The van der Waals surface area contributed by atoms with E-state index >= 15 is 0 Å². The van der Waals surface area contributed by atoms with Crippen LogP contribution in [0.3, 0.4) is 0 Å². The molecule has 1 amide bonds. The third-order valence-corrected chi connectivity index (χ3v) is 3.03. The second-order valence-corrected chi connectivity index (χ2v) is 4.73. The SMILES string of the molecule is CCO[C@@]1(OOCCN)O[C@H](CO)[C@@H](O)[C@H](O)[C@H]1NC(C)=O. The van der Waals surface area contributed by atoms with Gasteiger partial charge in [0.05, 0.1) is 13.2 Å². The fraction of sp³-hybridized carbons (Fsp3) is 0.917. The predicted molar refractivity (Wildman–Crippen MR) is 72.0 cm³/mol. The predicted octanol–water partition coefficient (Wildman–Crippen LogP) is -2.80. The molecule has 22 heavy (non-hydrogen) atoms.